The van der Waals surface area contributed by atoms with Crippen molar-refractivity contribution < 1.29 is 29.6 Å². The summed E-state index contributed by atoms with van der Waals surface area (Å²) in [5.41, 5.74) is 0.649. The molecule has 3 atom stereocenters. The topological polar surface area (TPSA) is 104 Å². The Labute approximate surface area is 213 Å². The van der Waals surface area contributed by atoms with Crippen LogP contribution in [0.1, 0.15) is 74.6 Å². The molecule has 0 radical (unpaired) electrons. The number of aliphatic carboxylic acids is 1. The highest BCUT2D eigenvalue weighted by Crippen LogP contribution is 2.43. The molecule has 0 amide bonds. The second kappa shape index (κ2) is 14.0. The number of carboxylic acid groups (broad SMARTS) is 1. The van der Waals surface area contributed by atoms with Crippen molar-refractivity contribution in [1.29, 1.82) is 0 Å². The number of rotatable bonds is 14. The second-order valence-corrected chi connectivity index (χ2v) is 9.62. The molecule has 3 N–H and O–H groups in total. The summed E-state index contributed by atoms with van der Waals surface area (Å²) in [6.45, 7) is 0.247. The number of carbonyl (C=O) groups excluding carboxylic acids is 1. The zero-order valence-corrected chi connectivity index (χ0v) is 20.9. The Kier molecular flexibility index (Phi) is 10.7. The Balaban J connectivity index is 1.69. The van der Waals surface area contributed by atoms with Gasteiger partial charge in [-0.2, -0.15) is 0 Å². The molecule has 3 rings (SSSR count). The number of hydrogen-bond acceptors (Lipinski definition) is 5. The first-order chi connectivity index (χ1) is 17.5. The summed E-state index contributed by atoms with van der Waals surface area (Å²) < 4.78 is 5.90. The van der Waals surface area contributed by atoms with Crippen LogP contribution >= 0.6 is 0 Å². The van der Waals surface area contributed by atoms with Crippen LogP contribution in [0.5, 0.6) is 0 Å². The normalized spacial score (nSPS) is 21.6. The van der Waals surface area contributed by atoms with Crippen LogP contribution < -0.4 is 0 Å². The molecule has 36 heavy (non-hydrogen) atoms. The average molecular weight is 495 g/mol. The summed E-state index contributed by atoms with van der Waals surface area (Å²) in [4.78, 5) is 25.0. The van der Waals surface area contributed by atoms with Crippen LogP contribution in [0.25, 0.3) is 11.1 Å². The molecule has 0 aliphatic heterocycles. The van der Waals surface area contributed by atoms with Gasteiger partial charge in [0, 0.05) is 12.5 Å². The molecule has 0 bridgehead atoms. The summed E-state index contributed by atoms with van der Waals surface area (Å²) in [7, 11) is 0. The number of aliphatic hydroxyl groups excluding tert-OH is 2. The molecule has 1 aliphatic carbocycles. The predicted octanol–water partition coefficient (Wildman–Crippen LogP) is 5.77. The fourth-order valence-corrected chi connectivity index (χ4v) is 5.03. The van der Waals surface area contributed by atoms with Gasteiger partial charge in [-0.1, -0.05) is 80.3 Å². The van der Waals surface area contributed by atoms with E-state index in [1.54, 1.807) is 18.2 Å². The molecule has 194 valence electrons. The van der Waals surface area contributed by atoms with E-state index in [0.29, 0.717) is 18.4 Å². The monoisotopic (exact) mass is 494 g/mol. The second-order valence-electron chi connectivity index (χ2n) is 9.62. The minimum Gasteiger partial charge on any atom is -0.481 e. The number of allylic oxidation sites excluding steroid dienone is 1. The maximum absolute atomic E-state index is 13.2. The van der Waals surface area contributed by atoms with Crippen LogP contribution in [-0.4, -0.2) is 45.6 Å². The molecule has 1 fully saturated rings. The lowest BCUT2D eigenvalue weighted by molar-refractivity contribution is -0.150. The molecule has 0 aromatic heterocycles. The summed E-state index contributed by atoms with van der Waals surface area (Å²) in [5.74, 6) is -2.10. The SMILES string of the molecule is O=C(O)C[C@@]1(OC(=O)c2cccc(-c3ccccc3)c2)[C@@H](O)CC[C@@H]1C=CCCCCCCCCO. The highest BCUT2D eigenvalue weighted by molar-refractivity contribution is 5.91. The molecule has 0 spiro atoms. The molecular formula is C30H38O6. The van der Waals surface area contributed by atoms with Gasteiger partial charge in [-0.3, -0.25) is 4.79 Å². The maximum Gasteiger partial charge on any atom is 0.338 e. The van der Waals surface area contributed by atoms with Crippen molar-refractivity contribution in [1.82, 2.24) is 0 Å². The Morgan fingerprint density at radius 2 is 1.61 bits per heavy atom. The minimum atomic E-state index is -1.49. The van der Waals surface area contributed by atoms with Crippen LogP contribution in [-0.2, 0) is 9.53 Å². The molecule has 2 aromatic carbocycles. The molecule has 0 unspecified atom stereocenters. The van der Waals surface area contributed by atoms with E-state index in [-0.39, 0.29) is 12.5 Å². The molecule has 1 aliphatic rings. The van der Waals surface area contributed by atoms with Crippen molar-refractivity contribution in [3.05, 3.63) is 72.3 Å². The fraction of sp³-hybridized carbons (Fsp3) is 0.467. The number of aliphatic hydroxyl groups is 2. The van der Waals surface area contributed by atoms with Gasteiger partial charge >= 0.3 is 11.9 Å². The van der Waals surface area contributed by atoms with Crippen molar-refractivity contribution in [2.24, 2.45) is 5.92 Å². The van der Waals surface area contributed by atoms with E-state index >= 15 is 0 Å². The van der Waals surface area contributed by atoms with Crippen LogP contribution in [0, 0.1) is 5.92 Å². The molecule has 0 heterocycles. The Bertz CT molecular complexity index is 1000. The number of hydrogen-bond donors (Lipinski definition) is 3. The highest BCUT2D eigenvalue weighted by Gasteiger charge is 2.53. The third kappa shape index (κ3) is 7.52. The third-order valence-electron chi connectivity index (χ3n) is 7.01. The molecule has 6 nitrogen and oxygen atoms in total. The van der Waals surface area contributed by atoms with E-state index in [1.807, 2.05) is 48.6 Å². The average Bonchev–Trinajstić information content (AvgIpc) is 3.17. The van der Waals surface area contributed by atoms with Gasteiger partial charge in [0.05, 0.1) is 18.1 Å². The molecule has 0 saturated heterocycles. The summed E-state index contributed by atoms with van der Waals surface area (Å²) in [6, 6.07) is 16.7. The van der Waals surface area contributed by atoms with Gasteiger partial charge in [0.15, 0.2) is 5.60 Å². The van der Waals surface area contributed by atoms with Gasteiger partial charge in [0.2, 0.25) is 0 Å². The fourth-order valence-electron chi connectivity index (χ4n) is 5.03. The van der Waals surface area contributed by atoms with Crippen LogP contribution in [0.15, 0.2) is 66.7 Å². The lowest BCUT2D eigenvalue weighted by Gasteiger charge is -2.35. The Morgan fingerprint density at radius 3 is 2.33 bits per heavy atom. The maximum atomic E-state index is 13.2. The number of unbranched alkanes of at least 4 members (excludes halogenated alkanes) is 6. The standard InChI is InChI=1S/C30H38O6/c31-20-11-6-4-2-1-3-5-10-17-26-18-19-27(32)30(26,22-28(33)34)36-29(35)25-16-12-15-24(21-25)23-13-8-7-9-14-23/h7-10,12-17,21,26-27,31-32H,1-6,11,18-20,22H2,(H,33,34)/t26-,27-,30-/m0/s1. The lowest BCUT2D eigenvalue weighted by Crippen LogP contribution is -2.48. The van der Waals surface area contributed by atoms with Crippen LogP contribution in [0.2, 0.25) is 0 Å². The first-order valence-corrected chi connectivity index (χ1v) is 13.0. The lowest BCUT2D eigenvalue weighted by atomic mass is 9.85. The van der Waals surface area contributed by atoms with Crippen molar-refractivity contribution in [2.45, 2.75) is 75.9 Å². The molecule has 2 aromatic rings. The van der Waals surface area contributed by atoms with E-state index in [9.17, 15) is 19.8 Å². The van der Waals surface area contributed by atoms with Crippen molar-refractivity contribution in [3.63, 3.8) is 0 Å². The quantitative estimate of drug-likeness (QED) is 0.175. The summed E-state index contributed by atoms with van der Waals surface area (Å²) >= 11 is 0. The highest BCUT2D eigenvalue weighted by atomic mass is 16.6. The van der Waals surface area contributed by atoms with Gasteiger partial charge in [0.25, 0.3) is 0 Å². The van der Waals surface area contributed by atoms with Crippen LogP contribution in [0.4, 0.5) is 0 Å². The zero-order valence-electron chi connectivity index (χ0n) is 20.9. The first-order valence-electron chi connectivity index (χ1n) is 13.0. The predicted molar refractivity (Wildman–Crippen MR) is 140 cm³/mol. The van der Waals surface area contributed by atoms with Gasteiger partial charge in [-0.05, 0) is 55.4 Å². The number of ether oxygens (including phenoxy) is 1. The smallest absolute Gasteiger partial charge is 0.338 e. The Hall–Kier alpha value is -2.96. The van der Waals surface area contributed by atoms with Gasteiger partial charge in [-0.25, -0.2) is 4.79 Å². The van der Waals surface area contributed by atoms with Crippen molar-refractivity contribution >= 4 is 11.9 Å². The number of benzene rings is 2. The van der Waals surface area contributed by atoms with E-state index in [4.69, 9.17) is 9.84 Å². The van der Waals surface area contributed by atoms with Gasteiger partial charge < -0.3 is 20.1 Å². The van der Waals surface area contributed by atoms with Gasteiger partial charge in [0.1, 0.15) is 0 Å². The number of esters is 1. The van der Waals surface area contributed by atoms with Crippen molar-refractivity contribution in [2.75, 3.05) is 6.61 Å². The van der Waals surface area contributed by atoms with E-state index < -0.39 is 30.1 Å². The van der Waals surface area contributed by atoms with E-state index in [2.05, 4.69) is 0 Å². The molecular weight excluding hydrogens is 456 g/mol. The number of carboxylic acids is 1. The third-order valence-corrected chi connectivity index (χ3v) is 7.01. The summed E-state index contributed by atoms with van der Waals surface area (Å²) in [5, 5.41) is 29.3. The Morgan fingerprint density at radius 1 is 0.917 bits per heavy atom. The van der Waals surface area contributed by atoms with Gasteiger partial charge in [-0.15, -0.1) is 0 Å². The molecule has 1 saturated carbocycles. The minimum absolute atomic E-state index is 0.247. The first kappa shape index (κ1) is 27.6. The van der Waals surface area contributed by atoms with Crippen LogP contribution in [0.3, 0.4) is 0 Å². The van der Waals surface area contributed by atoms with Crippen molar-refractivity contribution in [3.8, 4) is 11.1 Å². The number of carbonyl (C=O) groups is 2. The van der Waals surface area contributed by atoms with E-state index in [1.165, 1.54) is 0 Å². The zero-order chi connectivity index (χ0) is 25.8. The largest absolute Gasteiger partial charge is 0.481 e. The summed E-state index contributed by atoms with van der Waals surface area (Å²) in [6.07, 6.45) is 10.5. The van der Waals surface area contributed by atoms with E-state index in [0.717, 1.165) is 56.1 Å². The molecule has 6 heteroatoms.